The maximum Gasteiger partial charge on any atom is 0.410 e. The maximum absolute atomic E-state index is 12.0. The molecule has 2 atom stereocenters. The van der Waals surface area contributed by atoms with E-state index in [1.165, 1.54) is 5.56 Å². The van der Waals surface area contributed by atoms with Gasteiger partial charge in [0, 0.05) is 44.6 Å². The molecule has 0 bridgehead atoms. The normalized spacial score (nSPS) is 26.9. The fourth-order valence-corrected chi connectivity index (χ4v) is 3.33. The van der Waals surface area contributed by atoms with Crippen LogP contribution in [0.5, 0.6) is 0 Å². The van der Waals surface area contributed by atoms with E-state index in [1.807, 2.05) is 25.7 Å². The molecule has 0 aromatic carbocycles. The first-order valence-electron chi connectivity index (χ1n) is 8.23. The first-order chi connectivity index (χ1) is 10.4. The van der Waals surface area contributed by atoms with E-state index in [0.717, 1.165) is 26.2 Å². The Labute approximate surface area is 132 Å². The lowest BCUT2D eigenvalue weighted by Gasteiger charge is -2.26. The largest absolute Gasteiger partial charge is 0.444 e. The molecule has 1 aliphatic heterocycles. The topological polar surface area (TPSA) is 46.5 Å². The van der Waals surface area contributed by atoms with E-state index in [1.54, 1.807) is 0 Å². The van der Waals surface area contributed by atoms with Gasteiger partial charge in [0.05, 0.1) is 0 Å². The van der Waals surface area contributed by atoms with Crippen molar-refractivity contribution in [1.82, 2.24) is 14.8 Å². The third kappa shape index (κ3) is 3.29. The molecule has 22 heavy (non-hydrogen) atoms. The molecule has 3 rings (SSSR count). The molecule has 2 heterocycles. The van der Waals surface area contributed by atoms with Gasteiger partial charge in [0.1, 0.15) is 5.60 Å². The Morgan fingerprint density at radius 3 is 2.59 bits per heavy atom. The average molecular weight is 305 g/mol. The third-order valence-electron chi connectivity index (χ3n) is 4.56. The van der Waals surface area contributed by atoms with Crippen LogP contribution in [0.4, 0.5) is 4.79 Å². The van der Waals surface area contributed by atoms with Crippen LogP contribution in [-0.2, 0) is 17.8 Å². The second kappa shape index (κ2) is 5.61. The summed E-state index contributed by atoms with van der Waals surface area (Å²) in [6.07, 6.45) is 4.14. The number of hydrogen-bond acceptors (Lipinski definition) is 3. The van der Waals surface area contributed by atoms with Crippen LogP contribution in [0.15, 0.2) is 18.5 Å². The number of aryl methyl sites for hydroxylation is 1. The minimum atomic E-state index is -0.409. The van der Waals surface area contributed by atoms with E-state index in [9.17, 15) is 4.79 Å². The number of fused-ring (bicyclic) bond motifs is 1. The van der Waals surface area contributed by atoms with Crippen molar-refractivity contribution in [2.45, 2.75) is 52.4 Å². The second-order valence-corrected chi connectivity index (χ2v) is 7.47. The first-order valence-corrected chi connectivity index (χ1v) is 8.23. The fourth-order valence-electron chi connectivity index (χ4n) is 3.33. The van der Waals surface area contributed by atoms with Gasteiger partial charge in [0.25, 0.3) is 0 Å². The van der Waals surface area contributed by atoms with Crippen LogP contribution in [-0.4, -0.2) is 40.3 Å². The zero-order valence-corrected chi connectivity index (χ0v) is 14.0. The highest BCUT2D eigenvalue weighted by atomic mass is 16.6. The number of likely N-dealkylation sites (tertiary alicyclic amines) is 1. The number of hydrogen-bond donors (Lipinski definition) is 1. The number of carbonyl (C=O) groups is 1. The molecule has 2 fully saturated rings. The van der Waals surface area contributed by atoms with Crippen LogP contribution in [0.25, 0.3) is 0 Å². The lowest BCUT2D eigenvalue weighted by atomic mass is 10.2. The van der Waals surface area contributed by atoms with E-state index < -0.39 is 5.60 Å². The summed E-state index contributed by atoms with van der Waals surface area (Å²) in [6, 6.07) is 2.73. The standard InChI is InChI=1S/C17H27N3O2/c1-5-19-7-6-12(9-19)8-18-15-13-10-20(11-14(13)15)16(21)22-17(2,3)4/h6-7,9,13-15,18H,5,8,10-11H2,1-4H3. The fraction of sp³-hybridized carbons (Fsp3) is 0.706. The van der Waals surface area contributed by atoms with Gasteiger partial charge in [0.2, 0.25) is 0 Å². The third-order valence-corrected chi connectivity index (χ3v) is 4.56. The van der Waals surface area contributed by atoms with Crippen molar-refractivity contribution in [2.24, 2.45) is 11.8 Å². The van der Waals surface area contributed by atoms with Gasteiger partial charge in [0.15, 0.2) is 0 Å². The van der Waals surface area contributed by atoms with E-state index in [-0.39, 0.29) is 6.09 Å². The molecule has 1 aromatic heterocycles. The molecule has 2 unspecified atom stereocenters. The summed E-state index contributed by atoms with van der Waals surface area (Å²) in [5.74, 6) is 1.20. The van der Waals surface area contributed by atoms with Gasteiger partial charge in [-0.15, -0.1) is 0 Å². The van der Waals surface area contributed by atoms with Crippen LogP contribution in [0.2, 0.25) is 0 Å². The molecule has 5 heteroatoms. The van der Waals surface area contributed by atoms with Crippen molar-refractivity contribution in [2.75, 3.05) is 13.1 Å². The highest BCUT2D eigenvalue weighted by Crippen LogP contribution is 2.45. The van der Waals surface area contributed by atoms with Crippen molar-refractivity contribution in [3.63, 3.8) is 0 Å². The van der Waals surface area contributed by atoms with Gasteiger partial charge in [-0.05, 0) is 51.2 Å². The number of nitrogens with zero attached hydrogens (tertiary/aromatic N) is 2. The Bertz CT molecular complexity index is 534. The van der Waals surface area contributed by atoms with Crippen LogP contribution < -0.4 is 5.32 Å². The van der Waals surface area contributed by atoms with E-state index in [0.29, 0.717) is 17.9 Å². The highest BCUT2D eigenvalue weighted by molar-refractivity contribution is 5.69. The summed E-state index contributed by atoms with van der Waals surface area (Å²) in [5.41, 5.74) is 0.921. The lowest BCUT2D eigenvalue weighted by Crippen LogP contribution is -2.39. The quantitative estimate of drug-likeness (QED) is 0.929. The Hall–Kier alpha value is -1.49. The number of piperidine rings is 1. The predicted molar refractivity (Wildman–Crippen MR) is 85.5 cm³/mol. The number of nitrogens with one attached hydrogen (secondary N) is 1. The molecule has 2 aliphatic rings. The zero-order chi connectivity index (χ0) is 15.9. The summed E-state index contributed by atoms with van der Waals surface area (Å²) in [7, 11) is 0. The summed E-state index contributed by atoms with van der Waals surface area (Å²) in [6.45, 7) is 11.5. The molecule has 1 N–H and O–H groups in total. The van der Waals surface area contributed by atoms with Crippen molar-refractivity contribution in [1.29, 1.82) is 0 Å². The zero-order valence-electron chi connectivity index (χ0n) is 14.0. The molecule has 1 amide bonds. The van der Waals surface area contributed by atoms with E-state index in [2.05, 4.69) is 35.3 Å². The van der Waals surface area contributed by atoms with Gasteiger partial charge in [-0.1, -0.05) is 0 Å². The Balaban J connectivity index is 1.42. The number of amides is 1. The van der Waals surface area contributed by atoms with E-state index >= 15 is 0 Å². The summed E-state index contributed by atoms with van der Waals surface area (Å²) >= 11 is 0. The molecule has 1 saturated carbocycles. The van der Waals surface area contributed by atoms with E-state index in [4.69, 9.17) is 4.74 Å². The van der Waals surface area contributed by atoms with Crippen LogP contribution in [0.1, 0.15) is 33.3 Å². The molecule has 5 nitrogen and oxygen atoms in total. The molecular weight excluding hydrogens is 278 g/mol. The molecular formula is C17H27N3O2. The van der Waals surface area contributed by atoms with Crippen molar-refractivity contribution < 1.29 is 9.53 Å². The number of ether oxygens (including phenoxy) is 1. The molecule has 0 radical (unpaired) electrons. The Morgan fingerprint density at radius 1 is 1.36 bits per heavy atom. The van der Waals surface area contributed by atoms with Crippen LogP contribution in [0.3, 0.4) is 0 Å². The predicted octanol–water partition coefficient (Wildman–Crippen LogP) is 2.46. The van der Waals surface area contributed by atoms with Crippen molar-refractivity contribution in [3.05, 3.63) is 24.0 Å². The maximum atomic E-state index is 12.0. The number of aromatic nitrogens is 1. The highest BCUT2D eigenvalue weighted by Gasteiger charge is 2.56. The second-order valence-electron chi connectivity index (χ2n) is 7.47. The number of rotatable bonds is 4. The number of carbonyl (C=O) groups excluding carboxylic acids is 1. The lowest BCUT2D eigenvalue weighted by molar-refractivity contribution is 0.0269. The summed E-state index contributed by atoms with van der Waals surface area (Å²) < 4.78 is 7.62. The SMILES string of the molecule is CCn1ccc(CNC2C3CN(C(=O)OC(C)(C)C)CC32)c1. The molecule has 0 spiro atoms. The van der Waals surface area contributed by atoms with Gasteiger partial charge in [-0.3, -0.25) is 0 Å². The van der Waals surface area contributed by atoms with Crippen molar-refractivity contribution in [3.8, 4) is 0 Å². The molecule has 1 saturated heterocycles. The molecule has 1 aliphatic carbocycles. The van der Waals surface area contributed by atoms with Crippen LogP contribution >= 0.6 is 0 Å². The van der Waals surface area contributed by atoms with Gasteiger partial charge in [-0.2, -0.15) is 0 Å². The molecule has 122 valence electrons. The monoisotopic (exact) mass is 305 g/mol. The Kier molecular flexibility index (Phi) is 3.93. The molecule has 1 aromatic rings. The van der Waals surface area contributed by atoms with Crippen LogP contribution in [0, 0.1) is 11.8 Å². The van der Waals surface area contributed by atoms with Gasteiger partial charge >= 0.3 is 6.09 Å². The summed E-state index contributed by atoms with van der Waals surface area (Å²) in [5, 5.41) is 3.63. The Morgan fingerprint density at radius 2 is 2.05 bits per heavy atom. The van der Waals surface area contributed by atoms with Crippen molar-refractivity contribution >= 4 is 6.09 Å². The minimum absolute atomic E-state index is 0.168. The van der Waals surface area contributed by atoms with Gasteiger partial charge < -0.3 is 19.5 Å². The summed E-state index contributed by atoms with van der Waals surface area (Å²) in [4.78, 5) is 13.9. The minimum Gasteiger partial charge on any atom is -0.444 e. The smallest absolute Gasteiger partial charge is 0.410 e. The van der Waals surface area contributed by atoms with Gasteiger partial charge in [-0.25, -0.2) is 4.79 Å². The average Bonchev–Trinajstić information content (AvgIpc) is 2.86. The first kappa shape index (κ1) is 15.4.